The molecule has 0 aliphatic carbocycles. The van der Waals surface area contributed by atoms with Crippen LogP contribution in [-0.2, 0) is 10.2 Å². The van der Waals surface area contributed by atoms with Gasteiger partial charge >= 0.3 is 0 Å². The number of ether oxygens (including phenoxy) is 1. The normalized spacial score (nSPS) is 16.3. The summed E-state index contributed by atoms with van der Waals surface area (Å²) < 4.78 is 19.4. The van der Waals surface area contributed by atoms with Crippen LogP contribution in [0.15, 0.2) is 41.9 Å². The molecule has 0 radical (unpaired) electrons. The number of aliphatic imine (C=N–C) groups is 1. The molecule has 1 aliphatic heterocycles. The molecule has 2 rings (SSSR count). The molecular formula is C21H33FIN3O. The van der Waals surface area contributed by atoms with Gasteiger partial charge in [-0.25, -0.2) is 4.39 Å². The van der Waals surface area contributed by atoms with Gasteiger partial charge in [0.25, 0.3) is 0 Å². The van der Waals surface area contributed by atoms with Crippen molar-refractivity contribution in [3.8, 4) is 0 Å². The van der Waals surface area contributed by atoms with Crippen molar-refractivity contribution in [2.75, 3.05) is 39.9 Å². The molecule has 4 nitrogen and oxygen atoms in total. The van der Waals surface area contributed by atoms with Crippen molar-refractivity contribution < 1.29 is 9.13 Å². The third kappa shape index (κ3) is 7.07. The molecule has 1 aliphatic rings. The van der Waals surface area contributed by atoms with Gasteiger partial charge in [-0.05, 0) is 50.3 Å². The minimum atomic E-state index is -0.189. The van der Waals surface area contributed by atoms with E-state index in [4.69, 9.17) is 9.73 Å². The highest BCUT2D eigenvalue weighted by Crippen LogP contribution is 2.35. The molecule has 1 fully saturated rings. The van der Waals surface area contributed by atoms with Crippen molar-refractivity contribution >= 4 is 29.9 Å². The first kappa shape index (κ1) is 23.9. The van der Waals surface area contributed by atoms with Gasteiger partial charge < -0.3 is 15.0 Å². The Balaban J connectivity index is 0.00000364. The van der Waals surface area contributed by atoms with Gasteiger partial charge in [0.2, 0.25) is 0 Å². The summed E-state index contributed by atoms with van der Waals surface area (Å²) in [6.45, 7) is 9.61. The van der Waals surface area contributed by atoms with Gasteiger partial charge in [-0.2, -0.15) is 0 Å². The fraction of sp³-hybridized carbons (Fsp3) is 0.571. The van der Waals surface area contributed by atoms with Crippen LogP contribution >= 0.6 is 24.0 Å². The Morgan fingerprint density at radius 2 is 2.15 bits per heavy atom. The lowest BCUT2D eigenvalue weighted by Crippen LogP contribution is -2.42. The van der Waals surface area contributed by atoms with E-state index in [0.717, 1.165) is 50.3 Å². The smallest absolute Gasteiger partial charge is 0.193 e. The van der Waals surface area contributed by atoms with E-state index in [2.05, 4.69) is 30.8 Å². The summed E-state index contributed by atoms with van der Waals surface area (Å²) in [6, 6.07) is 6.96. The van der Waals surface area contributed by atoms with Gasteiger partial charge in [-0.15, -0.1) is 30.6 Å². The van der Waals surface area contributed by atoms with Crippen LogP contribution in [0.2, 0.25) is 0 Å². The van der Waals surface area contributed by atoms with Crippen LogP contribution in [0.4, 0.5) is 4.39 Å². The molecule has 1 heterocycles. The maximum Gasteiger partial charge on any atom is 0.193 e. The fourth-order valence-electron chi connectivity index (χ4n) is 3.39. The first-order valence-electron chi connectivity index (χ1n) is 9.55. The molecule has 1 N–H and O–H groups in total. The molecule has 1 aromatic carbocycles. The highest BCUT2D eigenvalue weighted by atomic mass is 127. The molecule has 0 atom stereocenters. The number of benzene rings is 1. The lowest BCUT2D eigenvalue weighted by Gasteiger charge is -2.37. The molecule has 0 spiro atoms. The standard InChI is InChI=1S/C21H32FN3O.HI/c1-4-6-7-13-25(3)20(23-5-2)24-17-21(11-14-26-15-12-21)18-9-8-10-19(22)16-18;/h4,8-10,16H,1,5-7,11-15,17H2,2-3H3,(H,23,24);1H. The molecule has 1 aromatic rings. The number of hydrogen-bond donors (Lipinski definition) is 1. The Labute approximate surface area is 180 Å². The fourth-order valence-corrected chi connectivity index (χ4v) is 3.39. The maximum atomic E-state index is 13.8. The molecule has 0 unspecified atom stereocenters. The highest BCUT2D eigenvalue weighted by Gasteiger charge is 2.34. The summed E-state index contributed by atoms with van der Waals surface area (Å²) >= 11 is 0. The van der Waals surface area contributed by atoms with Crippen LogP contribution in [-0.4, -0.2) is 50.8 Å². The van der Waals surface area contributed by atoms with Crippen LogP contribution in [0.3, 0.4) is 0 Å². The number of unbranched alkanes of at least 4 members (excludes halogenated alkanes) is 1. The van der Waals surface area contributed by atoms with Gasteiger partial charge in [0.15, 0.2) is 5.96 Å². The van der Waals surface area contributed by atoms with E-state index in [-0.39, 0.29) is 35.2 Å². The van der Waals surface area contributed by atoms with Crippen molar-refractivity contribution in [3.05, 3.63) is 48.3 Å². The second kappa shape index (κ2) is 12.3. The zero-order chi connectivity index (χ0) is 18.8. The lowest BCUT2D eigenvalue weighted by atomic mass is 9.74. The number of guanidine groups is 1. The van der Waals surface area contributed by atoms with E-state index in [9.17, 15) is 4.39 Å². The summed E-state index contributed by atoms with van der Waals surface area (Å²) in [5, 5.41) is 3.37. The lowest BCUT2D eigenvalue weighted by molar-refractivity contribution is 0.0529. The van der Waals surface area contributed by atoms with E-state index in [0.29, 0.717) is 19.8 Å². The molecule has 1 saturated heterocycles. The molecule has 0 aromatic heterocycles. The van der Waals surface area contributed by atoms with Gasteiger partial charge in [0.05, 0.1) is 6.54 Å². The number of allylic oxidation sites excluding steroid dienone is 1. The molecule has 6 heteroatoms. The van der Waals surface area contributed by atoms with E-state index < -0.39 is 0 Å². The monoisotopic (exact) mass is 489 g/mol. The van der Waals surface area contributed by atoms with Crippen molar-refractivity contribution in [3.63, 3.8) is 0 Å². The van der Waals surface area contributed by atoms with Crippen LogP contribution in [0.5, 0.6) is 0 Å². The maximum absolute atomic E-state index is 13.8. The van der Waals surface area contributed by atoms with Crippen molar-refractivity contribution in [1.29, 1.82) is 0 Å². The molecule has 152 valence electrons. The van der Waals surface area contributed by atoms with E-state index in [1.54, 1.807) is 12.1 Å². The van der Waals surface area contributed by atoms with Crippen LogP contribution < -0.4 is 5.32 Å². The quantitative estimate of drug-likeness (QED) is 0.194. The number of hydrogen-bond acceptors (Lipinski definition) is 2. The zero-order valence-corrected chi connectivity index (χ0v) is 18.9. The minimum absolute atomic E-state index is 0. The predicted molar refractivity (Wildman–Crippen MR) is 122 cm³/mol. The van der Waals surface area contributed by atoms with Crippen molar-refractivity contribution in [1.82, 2.24) is 10.2 Å². The average molecular weight is 489 g/mol. The van der Waals surface area contributed by atoms with E-state index >= 15 is 0 Å². The third-order valence-corrected chi connectivity index (χ3v) is 5.02. The summed E-state index contributed by atoms with van der Waals surface area (Å²) in [4.78, 5) is 7.08. The Hall–Kier alpha value is -1.15. The molecule has 0 amide bonds. The molecular weight excluding hydrogens is 456 g/mol. The Morgan fingerprint density at radius 3 is 2.78 bits per heavy atom. The molecule has 27 heavy (non-hydrogen) atoms. The topological polar surface area (TPSA) is 36.9 Å². The van der Waals surface area contributed by atoms with Crippen LogP contribution in [0, 0.1) is 5.82 Å². The van der Waals surface area contributed by atoms with Crippen molar-refractivity contribution in [2.45, 2.75) is 38.0 Å². The molecule has 0 saturated carbocycles. The van der Waals surface area contributed by atoms with Gasteiger partial charge in [0, 0.05) is 38.8 Å². The third-order valence-electron chi connectivity index (χ3n) is 5.02. The Morgan fingerprint density at radius 1 is 1.41 bits per heavy atom. The number of nitrogens with one attached hydrogen (secondary N) is 1. The van der Waals surface area contributed by atoms with E-state index in [1.807, 2.05) is 12.1 Å². The summed E-state index contributed by atoms with van der Waals surface area (Å²) in [7, 11) is 2.06. The first-order valence-corrected chi connectivity index (χ1v) is 9.55. The van der Waals surface area contributed by atoms with E-state index in [1.165, 1.54) is 6.07 Å². The summed E-state index contributed by atoms with van der Waals surface area (Å²) in [6.07, 6.45) is 5.71. The summed E-state index contributed by atoms with van der Waals surface area (Å²) in [5.74, 6) is 0.713. The number of rotatable bonds is 8. The Kier molecular flexibility index (Phi) is 10.9. The van der Waals surface area contributed by atoms with Crippen molar-refractivity contribution in [2.24, 2.45) is 4.99 Å². The predicted octanol–water partition coefficient (Wildman–Crippen LogP) is 4.36. The number of halogens is 2. The van der Waals surface area contributed by atoms with Crippen LogP contribution in [0.1, 0.15) is 38.2 Å². The van der Waals surface area contributed by atoms with Crippen LogP contribution in [0.25, 0.3) is 0 Å². The van der Waals surface area contributed by atoms with Gasteiger partial charge in [-0.1, -0.05) is 18.2 Å². The average Bonchev–Trinajstić information content (AvgIpc) is 2.66. The SMILES string of the molecule is C=CCCCN(C)C(=NCC1(c2cccc(F)c2)CCOCC1)NCC.I. The second-order valence-electron chi connectivity index (χ2n) is 6.93. The summed E-state index contributed by atoms with van der Waals surface area (Å²) in [5.41, 5.74) is 0.859. The zero-order valence-electron chi connectivity index (χ0n) is 16.5. The second-order valence-corrected chi connectivity index (χ2v) is 6.93. The Bertz CT molecular complexity index is 603. The minimum Gasteiger partial charge on any atom is -0.381 e. The van der Waals surface area contributed by atoms with Gasteiger partial charge in [0.1, 0.15) is 5.82 Å². The molecule has 0 bridgehead atoms. The first-order chi connectivity index (χ1) is 12.6. The van der Waals surface area contributed by atoms with Gasteiger partial charge in [-0.3, -0.25) is 4.99 Å². The highest BCUT2D eigenvalue weighted by molar-refractivity contribution is 14.0. The largest absolute Gasteiger partial charge is 0.381 e. The number of nitrogens with zero attached hydrogens (tertiary/aromatic N) is 2.